The summed E-state index contributed by atoms with van der Waals surface area (Å²) in [5.74, 6) is 1.01. The SMILES string of the molecule is CCn1c(-c2nonc2N)nc2c(-c3ccccc3)ncc(OCC(O)CNCc3ccc(S(N)(=O)=O)cc3)c21. The van der Waals surface area contributed by atoms with Crippen LogP contribution in [-0.4, -0.2) is 57.6 Å². The van der Waals surface area contributed by atoms with Crippen LogP contribution in [0, 0.1) is 0 Å². The van der Waals surface area contributed by atoms with Crippen molar-refractivity contribution in [1.82, 2.24) is 30.2 Å². The number of benzene rings is 2. The van der Waals surface area contributed by atoms with Gasteiger partial charge in [-0.05, 0) is 34.9 Å². The Hall–Kier alpha value is -4.37. The van der Waals surface area contributed by atoms with Gasteiger partial charge in [-0.25, -0.2) is 28.2 Å². The Labute approximate surface area is 229 Å². The third-order valence-electron chi connectivity index (χ3n) is 6.22. The van der Waals surface area contributed by atoms with Crippen LogP contribution >= 0.6 is 0 Å². The number of nitrogens with two attached hydrogens (primary N) is 2. The molecule has 0 aliphatic rings. The summed E-state index contributed by atoms with van der Waals surface area (Å²) < 4.78 is 35.6. The van der Waals surface area contributed by atoms with E-state index in [1.165, 1.54) is 12.1 Å². The van der Waals surface area contributed by atoms with E-state index in [1.54, 1.807) is 18.3 Å². The molecule has 0 aliphatic heterocycles. The van der Waals surface area contributed by atoms with Crippen LogP contribution < -0.4 is 20.9 Å². The third kappa shape index (κ3) is 5.65. The van der Waals surface area contributed by atoms with Crippen LogP contribution in [0.2, 0.25) is 0 Å². The Morgan fingerprint density at radius 1 is 1.10 bits per heavy atom. The van der Waals surface area contributed by atoms with E-state index < -0.39 is 16.1 Å². The molecule has 0 spiro atoms. The maximum atomic E-state index is 11.4. The Balaban J connectivity index is 1.35. The number of hydrogen-bond acceptors (Lipinski definition) is 11. The highest BCUT2D eigenvalue weighted by atomic mass is 32.2. The molecule has 0 aliphatic carbocycles. The first kappa shape index (κ1) is 27.2. The Kier molecular flexibility index (Phi) is 7.75. The van der Waals surface area contributed by atoms with E-state index in [0.29, 0.717) is 47.1 Å². The molecule has 5 aromatic rings. The average Bonchev–Trinajstić information content (AvgIpc) is 3.55. The quantitative estimate of drug-likeness (QED) is 0.183. The third-order valence-corrected chi connectivity index (χ3v) is 7.15. The second-order valence-corrected chi connectivity index (χ2v) is 10.6. The lowest BCUT2D eigenvalue weighted by molar-refractivity contribution is 0.106. The lowest BCUT2D eigenvalue weighted by Crippen LogP contribution is -2.31. The van der Waals surface area contributed by atoms with E-state index in [9.17, 15) is 13.5 Å². The number of aliphatic hydroxyl groups is 1. The number of nitrogen functional groups attached to an aromatic ring is 1. The van der Waals surface area contributed by atoms with Crippen molar-refractivity contribution in [2.24, 2.45) is 5.14 Å². The van der Waals surface area contributed by atoms with Crippen LogP contribution in [0.3, 0.4) is 0 Å². The van der Waals surface area contributed by atoms with Gasteiger partial charge in [-0.1, -0.05) is 42.5 Å². The summed E-state index contributed by atoms with van der Waals surface area (Å²) in [6.07, 6.45) is 0.764. The van der Waals surface area contributed by atoms with Crippen LogP contribution in [0.4, 0.5) is 5.82 Å². The summed E-state index contributed by atoms with van der Waals surface area (Å²) in [5.41, 5.74) is 9.91. The zero-order chi connectivity index (χ0) is 28.3. The van der Waals surface area contributed by atoms with Crippen molar-refractivity contribution < 1.29 is 22.9 Å². The molecule has 3 aromatic heterocycles. The fourth-order valence-electron chi connectivity index (χ4n) is 4.29. The number of nitrogens with zero attached hydrogens (tertiary/aromatic N) is 5. The normalized spacial score (nSPS) is 12.6. The van der Waals surface area contributed by atoms with Crippen molar-refractivity contribution in [3.63, 3.8) is 0 Å². The van der Waals surface area contributed by atoms with Gasteiger partial charge in [0.1, 0.15) is 23.7 Å². The van der Waals surface area contributed by atoms with Gasteiger partial charge in [-0.15, -0.1) is 0 Å². The number of pyridine rings is 1. The first-order valence-corrected chi connectivity index (χ1v) is 14.0. The van der Waals surface area contributed by atoms with E-state index in [-0.39, 0.29) is 23.9 Å². The summed E-state index contributed by atoms with van der Waals surface area (Å²) in [6, 6.07) is 15.8. The Bertz CT molecular complexity index is 1720. The molecular weight excluding hydrogens is 536 g/mol. The van der Waals surface area contributed by atoms with Crippen LogP contribution in [0.15, 0.2) is 70.3 Å². The number of hydrogen-bond donors (Lipinski definition) is 4. The van der Waals surface area contributed by atoms with Gasteiger partial charge in [0.05, 0.1) is 16.8 Å². The van der Waals surface area contributed by atoms with Crippen molar-refractivity contribution in [2.45, 2.75) is 31.0 Å². The van der Waals surface area contributed by atoms with E-state index >= 15 is 0 Å². The van der Waals surface area contributed by atoms with Gasteiger partial charge in [-0.2, -0.15) is 0 Å². The molecule has 208 valence electrons. The van der Waals surface area contributed by atoms with E-state index in [1.807, 2.05) is 41.8 Å². The predicted octanol–water partition coefficient (Wildman–Crippen LogP) is 1.93. The van der Waals surface area contributed by atoms with Gasteiger partial charge in [-0.3, -0.25) is 0 Å². The molecule has 0 radical (unpaired) electrons. The van der Waals surface area contributed by atoms with Gasteiger partial charge in [0.25, 0.3) is 0 Å². The molecule has 14 heteroatoms. The number of rotatable bonds is 11. The molecule has 5 rings (SSSR count). The summed E-state index contributed by atoms with van der Waals surface area (Å²) in [4.78, 5) is 9.49. The Morgan fingerprint density at radius 3 is 2.50 bits per heavy atom. The van der Waals surface area contributed by atoms with Crippen molar-refractivity contribution in [3.05, 3.63) is 66.4 Å². The average molecular weight is 565 g/mol. The fraction of sp³-hybridized carbons (Fsp3) is 0.231. The van der Waals surface area contributed by atoms with Gasteiger partial charge in [0.2, 0.25) is 10.0 Å². The standard InChI is InChI=1S/C26H28N8O5S/c1-2-34-24-20(38-15-18(35)13-29-12-16-8-10-19(11-9-16)40(28,36)37)14-30-21(17-6-4-3-5-7-17)22(24)31-26(34)23-25(27)33-39-32-23/h3-11,14,18,29,35H,2,12-13,15H2,1H3,(H2,27,33)(H2,28,36,37). The highest BCUT2D eigenvalue weighted by Crippen LogP contribution is 2.36. The zero-order valence-corrected chi connectivity index (χ0v) is 22.4. The minimum absolute atomic E-state index is 0.0172. The summed E-state index contributed by atoms with van der Waals surface area (Å²) in [6.45, 7) is 3.10. The van der Waals surface area contributed by atoms with Crippen molar-refractivity contribution >= 4 is 26.9 Å². The number of sulfonamides is 1. The summed E-state index contributed by atoms with van der Waals surface area (Å²) >= 11 is 0. The predicted molar refractivity (Wildman–Crippen MR) is 147 cm³/mol. The highest BCUT2D eigenvalue weighted by Gasteiger charge is 2.24. The number of primary sulfonamides is 1. The Morgan fingerprint density at radius 2 is 1.85 bits per heavy atom. The maximum Gasteiger partial charge on any atom is 0.238 e. The number of imidazole rings is 1. The first-order chi connectivity index (χ1) is 19.3. The number of aliphatic hydroxyl groups excluding tert-OH is 1. The highest BCUT2D eigenvalue weighted by molar-refractivity contribution is 7.89. The van der Waals surface area contributed by atoms with Gasteiger partial charge < -0.3 is 25.5 Å². The lowest BCUT2D eigenvalue weighted by atomic mass is 10.1. The molecule has 2 aromatic carbocycles. The molecule has 0 amide bonds. The minimum Gasteiger partial charge on any atom is -0.487 e. The minimum atomic E-state index is -3.75. The van der Waals surface area contributed by atoms with Crippen molar-refractivity contribution in [3.8, 4) is 28.5 Å². The zero-order valence-electron chi connectivity index (χ0n) is 21.6. The number of anilines is 1. The number of aryl methyl sites for hydroxylation is 1. The van der Waals surface area contributed by atoms with Crippen LogP contribution in [0.25, 0.3) is 33.8 Å². The topological polar surface area (TPSA) is 197 Å². The summed E-state index contributed by atoms with van der Waals surface area (Å²) in [7, 11) is -3.75. The molecule has 3 heterocycles. The molecule has 40 heavy (non-hydrogen) atoms. The van der Waals surface area contributed by atoms with E-state index in [0.717, 1.165) is 11.1 Å². The smallest absolute Gasteiger partial charge is 0.238 e. The van der Waals surface area contributed by atoms with E-state index in [4.69, 9.17) is 25.2 Å². The van der Waals surface area contributed by atoms with Gasteiger partial charge >= 0.3 is 0 Å². The molecule has 13 nitrogen and oxygen atoms in total. The molecule has 0 saturated carbocycles. The number of fused-ring (bicyclic) bond motifs is 1. The van der Waals surface area contributed by atoms with Crippen LogP contribution in [0.5, 0.6) is 5.75 Å². The van der Waals surface area contributed by atoms with Gasteiger partial charge in [0.15, 0.2) is 23.1 Å². The molecule has 0 fully saturated rings. The second kappa shape index (κ2) is 11.4. The maximum absolute atomic E-state index is 11.4. The number of nitrogens with one attached hydrogen (secondary N) is 1. The van der Waals surface area contributed by atoms with Gasteiger partial charge in [0, 0.05) is 25.2 Å². The molecule has 1 atom stereocenters. The first-order valence-electron chi connectivity index (χ1n) is 12.4. The molecule has 0 bridgehead atoms. The fourth-order valence-corrected chi connectivity index (χ4v) is 4.81. The van der Waals surface area contributed by atoms with Crippen molar-refractivity contribution in [1.29, 1.82) is 0 Å². The molecular formula is C26H28N8O5S. The number of ether oxygens (including phenoxy) is 1. The largest absolute Gasteiger partial charge is 0.487 e. The second-order valence-electron chi connectivity index (χ2n) is 9.00. The monoisotopic (exact) mass is 564 g/mol. The lowest BCUT2D eigenvalue weighted by Gasteiger charge is -2.15. The molecule has 0 saturated heterocycles. The van der Waals surface area contributed by atoms with Crippen LogP contribution in [0.1, 0.15) is 12.5 Å². The number of aromatic nitrogens is 5. The van der Waals surface area contributed by atoms with Crippen molar-refractivity contribution in [2.75, 3.05) is 18.9 Å². The molecule has 6 N–H and O–H groups in total. The molecule has 1 unspecified atom stereocenters. The summed E-state index contributed by atoms with van der Waals surface area (Å²) in [5, 5.41) is 26.5. The van der Waals surface area contributed by atoms with Crippen LogP contribution in [-0.2, 0) is 23.1 Å². The van der Waals surface area contributed by atoms with E-state index in [2.05, 4.69) is 20.6 Å².